The highest BCUT2D eigenvalue weighted by atomic mass is 19.1. The van der Waals surface area contributed by atoms with Crippen molar-refractivity contribution in [3.63, 3.8) is 0 Å². The first-order chi connectivity index (χ1) is 8.66. The van der Waals surface area contributed by atoms with Crippen LogP contribution in [-0.4, -0.2) is 16.9 Å². The standard InChI is InChI=1S/C14H16FN3/c1-18(9-11-4-3-7-17-8-11)10-12-5-2-6-13(16)14(12)15/h2-8H,9-10,16H2,1H3. The topological polar surface area (TPSA) is 42.2 Å². The molecule has 0 unspecified atom stereocenters. The maximum atomic E-state index is 13.7. The smallest absolute Gasteiger partial charge is 0.150 e. The number of aromatic nitrogens is 1. The molecule has 3 nitrogen and oxygen atoms in total. The van der Waals surface area contributed by atoms with Gasteiger partial charge in [-0.2, -0.15) is 0 Å². The molecule has 1 aromatic carbocycles. The van der Waals surface area contributed by atoms with E-state index in [9.17, 15) is 4.39 Å². The molecule has 0 atom stereocenters. The van der Waals surface area contributed by atoms with Crippen molar-refractivity contribution in [3.05, 3.63) is 59.7 Å². The van der Waals surface area contributed by atoms with Gasteiger partial charge in [0.1, 0.15) is 0 Å². The molecular formula is C14H16FN3. The highest BCUT2D eigenvalue weighted by Crippen LogP contribution is 2.16. The van der Waals surface area contributed by atoms with Gasteiger partial charge in [0.25, 0.3) is 0 Å². The molecule has 0 aliphatic rings. The van der Waals surface area contributed by atoms with Gasteiger partial charge in [-0.3, -0.25) is 9.88 Å². The molecule has 0 fully saturated rings. The second-order valence-corrected chi connectivity index (χ2v) is 4.35. The van der Waals surface area contributed by atoms with Crippen molar-refractivity contribution in [2.75, 3.05) is 12.8 Å². The second-order valence-electron chi connectivity index (χ2n) is 4.35. The van der Waals surface area contributed by atoms with Gasteiger partial charge in [0.2, 0.25) is 0 Å². The van der Waals surface area contributed by atoms with Crippen molar-refractivity contribution in [2.45, 2.75) is 13.1 Å². The molecular weight excluding hydrogens is 229 g/mol. The first kappa shape index (κ1) is 12.5. The molecule has 2 aromatic rings. The van der Waals surface area contributed by atoms with Crippen LogP contribution in [0, 0.1) is 5.82 Å². The van der Waals surface area contributed by atoms with Crippen molar-refractivity contribution < 1.29 is 4.39 Å². The van der Waals surface area contributed by atoms with Crippen LogP contribution in [0.3, 0.4) is 0 Å². The summed E-state index contributed by atoms with van der Waals surface area (Å²) in [6.07, 6.45) is 3.55. The Morgan fingerprint density at radius 2 is 2.06 bits per heavy atom. The summed E-state index contributed by atoms with van der Waals surface area (Å²) in [6, 6.07) is 8.99. The zero-order valence-electron chi connectivity index (χ0n) is 10.3. The summed E-state index contributed by atoms with van der Waals surface area (Å²) in [4.78, 5) is 6.08. The van der Waals surface area contributed by atoms with Crippen LogP contribution in [0.15, 0.2) is 42.7 Å². The number of hydrogen-bond donors (Lipinski definition) is 1. The number of hydrogen-bond acceptors (Lipinski definition) is 3. The fourth-order valence-corrected chi connectivity index (χ4v) is 1.87. The minimum atomic E-state index is -0.324. The molecule has 4 heteroatoms. The van der Waals surface area contributed by atoms with E-state index in [-0.39, 0.29) is 11.5 Å². The molecule has 0 bridgehead atoms. The monoisotopic (exact) mass is 245 g/mol. The van der Waals surface area contributed by atoms with Gasteiger partial charge in [-0.05, 0) is 24.7 Å². The molecule has 0 radical (unpaired) electrons. The fourth-order valence-electron chi connectivity index (χ4n) is 1.87. The van der Waals surface area contributed by atoms with Crippen LogP contribution in [-0.2, 0) is 13.1 Å². The zero-order valence-corrected chi connectivity index (χ0v) is 10.3. The van der Waals surface area contributed by atoms with Crippen LogP contribution < -0.4 is 5.73 Å². The maximum Gasteiger partial charge on any atom is 0.150 e. The molecule has 2 rings (SSSR count). The minimum Gasteiger partial charge on any atom is -0.396 e. The largest absolute Gasteiger partial charge is 0.396 e. The summed E-state index contributed by atoms with van der Waals surface area (Å²) in [7, 11) is 1.94. The maximum absolute atomic E-state index is 13.7. The molecule has 1 heterocycles. The number of nitrogen functional groups attached to an aromatic ring is 1. The molecule has 0 saturated heterocycles. The fraction of sp³-hybridized carbons (Fsp3) is 0.214. The normalized spacial score (nSPS) is 10.8. The Bertz CT molecular complexity index is 514. The molecule has 0 aliphatic carbocycles. The number of anilines is 1. The van der Waals surface area contributed by atoms with E-state index in [2.05, 4.69) is 4.98 Å². The van der Waals surface area contributed by atoms with Gasteiger partial charge >= 0.3 is 0 Å². The first-order valence-electron chi connectivity index (χ1n) is 5.77. The predicted molar refractivity (Wildman–Crippen MR) is 70.2 cm³/mol. The third-order valence-electron chi connectivity index (χ3n) is 2.72. The Labute approximate surface area is 106 Å². The summed E-state index contributed by atoms with van der Waals surface area (Å²) in [5.41, 5.74) is 7.46. The van der Waals surface area contributed by atoms with Crippen LogP contribution in [0.25, 0.3) is 0 Å². The zero-order chi connectivity index (χ0) is 13.0. The van der Waals surface area contributed by atoms with Gasteiger partial charge in [0.15, 0.2) is 5.82 Å². The van der Waals surface area contributed by atoms with E-state index in [1.807, 2.05) is 30.3 Å². The molecule has 0 amide bonds. The van der Waals surface area contributed by atoms with E-state index in [4.69, 9.17) is 5.73 Å². The molecule has 0 aliphatic heterocycles. The molecule has 0 spiro atoms. The molecule has 0 saturated carbocycles. The van der Waals surface area contributed by atoms with Gasteiger partial charge < -0.3 is 5.73 Å². The van der Waals surface area contributed by atoms with E-state index in [0.717, 1.165) is 12.1 Å². The van der Waals surface area contributed by atoms with E-state index in [1.165, 1.54) is 0 Å². The van der Waals surface area contributed by atoms with Gasteiger partial charge in [-0.25, -0.2) is 4.39 Å². The number of halogens is 1. The number of rotatable bonds is 4. The average molecular weight is 245 g/mol. The van der Waals surface area contributed by atoms with Gasteiger partial charge in [0, 0.05) is 31.0 Å². The first-order valence-corrected chi connectivity index (χ1v) is 5.77. The Morgan fingerprint density at radius 3 is 2.78 bits per heavy atom. The lowest BCUT2D eigenvalue weighted by atomic mass is 10.1. The van der Waals surface area contributed by atoms with Gasteiger partial charge in [0.05, 0.1) is 5.69 Å². The third kappa shape index (κ3) is 3.05. The van der Waals surface area contributed by atoms with Crippen LogP contribution in [0.4, 0.5) is 10.1 Å². The van der Waals surface area contributed by atoms with Crippen molar-refractivity contribution in [2.24, 2.45) is 0 Å². The number of benzene rings is 1. The van der Waals surface area contributed by atoms with Crippen molar-refractivity contribution >= 4 is 5.69 Å². The number of pyridine rings is 1. The number of nitrogens with two attached hydrogens (primary N) is 1. The predicted octanol–water partition coefficient (Wildman–Crippen LogP) is 2.43. The van der Waals surface area contributed by atoms with Crippen LogP contribution in [0.5, 0.6) is 0 Å². The Kier molecular flexibility index (Phi) is 3.89. The van der Waals surface area contributed by atoms with Crippen LogP contribution >= 0.6 is 0 Å². The van der Waals surface area contributed by atoms with Crippen LogP contribution in [0.2, 0.25) is 0 Å². The lowest BCUT2D eigenvalue weighted by molar-refractivity contribution is 0.313. The Hall–Kier alpha value is -1.94. The molecule has 2 N–H and O–H groups in total. The van der Waals surface area contributed by atoms with Crippen molar-refractivity contribution in [1.29, 1.82) is 0 Å². The molecule has 18 heavy (non-hydrogen) atoms. The van der Waals surface area contributed by atoms with E-state index < -0.39 is 0 Å². The quantitative estimate of drug-likeness (QED) is 0.841. The molecule has 1 aromatic heterocycles. The third-order valence-corrected chi connectivity index (χ3v) is 2.72. The summed E-state index contributed by atoms with van der Waals surface area (Å²) < 4.78 is 13.7. The highest BCUT2D eigenvalue weighted by molar-refractivity contribution is 5.42. The molecule has 94 valence electrons. The average Bonchev–Trinajstić information content (AvgIpc) is 2.36. The van der Waals surface area contributed by atoms with Gasteiger partial charge in [-0.1, -0.05) is 18.2 Å². The van der Waals surface area contributed by atoms with E-state index in [0.29, 0.717) is 12.1 Å². The summed E-state index contributed by atoms with van der Waals surface area (Å²) in [5.74, 6) is -0.324. The van der Waals surface area contributed by atoms with E-state index in [1.54, 1.807) is 24.4 Å². The van der Waals surface area contributed by atoms with Crippen molar-refractivity contribution in [3.8, 4) is 0 Å². The van der Waals surface area contributed by atoms with E-state index >= 15 is 0 Å². The van der Waals surface area contributed by atoms with Crippen LogP contribution in [0.1, 0.15) is 11.1 Å². The van der Waals surface area contributed by atoms with Gasteiger partial charge in [-0.15, -0.1) is 0 Å². The number of nitrogens with zero attached hydrogens (tertiary/aromatic N) is 2. The summed E-state index contributed by atoms with van der Waals surface area (Å²) in [6.45, 7) is 1.24. The highest BCUT2D eigenvalue weighted by Gasteiger charge is 2.08. The summed E-state index contributed by atoms with van der Waals surface area (Å²) in [5, 5.41) is 0. The Balaban J connectivity index is 2.03. The SMILES string of the molecule is CN(Cc1cccnc1)Cc1cccc(N)c1F. The Morgan fingerprint density at radius 1 is 1.22 bits per heavy atom. The lowest BCUT2D eigenvalue weighted by Gasteiger charge is -2.17. The lowest BCUT2D eigenvalue weighted by Crippen LogP contribution is -2.18. The second kappa shape index (κ2) is 5.60. The summed E-state index contributed by atoms with van der Waals surface area (Å²) >= 11 is 0. The minimum absolute atomic E-state index is 0.197. The van der Waals surface area contributed by atoms with Crippen molar-refractivity contribution in [1.82, 2.24) is 9.88 Å².